The lowest BCUT2D eigenvalue weighted by atomic mass is 9.79. The van der Waals surface area contributed by atoms with Crippen molar-refractivity contribution < 1.29 is 14.3 Å². The SMILES string of the molecule is O=C(O)C1(c2ccc(Nc3nc(-c4ccc(F)cc4)nc4c3CCC4)cc2)CCCC1. The maximum absolute atomic E-state index is 13.3. The number of halogens is 1. The molecule has 31 heavy (non-hydrogen) atoms. The van der Waals surface area contributed by atoms with E-state index in [1.807, 2.05) is 24.3 Å². The van der Waals surface area contributed by atoms with E-state index in [1.165, 1.54) is 12.1 Å². The van der Waals surface area contributed by atoms with Crippen LogP contribution < -0.4 is 5.32 Å². The van der Waals surface area contributed by atoms with Gasteiger partial charge in [-0.15, -0.1) is 0 Å². The van der Waals surface area contributed by atoms with Crippen LogP contribution in [0.1, 0.15) is 48.9 Å². The minimum absolute atomic E-state index is 0.287. The number of carboxylic acids is 1. The van der Waals surface area contributed by atoms with E-state index in [4.69, 9.17) is 9.97 Å². The fourth-order valence-electron chi connectivity index (χ4n) is 4.88. The lowest BCUT2D eigenvalue weighted by Crippen LogP contribution is -2.32. The second-order valence-electron chi connectivity index (χ2n) is 8.48. The zero-order valence-corrected chi connectivity index (χ0v) is 17.2. The van der Waals surface area contributed by atoms with Crippen molar-refractivity contribution in [2.75, 3.05) is 5.32 Å². The standard InChI is InChI=1S/C25H24FN3O2/c26-18-10-6-16(7-11-18)22-28-21-5-3-4-20(21)23(29-22)27-19-12-8-17(9-13-19)25(24(30)31)14-1-2-15-25/h6-13H,1-5,14-15H2,(H,30,31)(H,27,28,29). The van der Waals surface area contributed by atoms with Gasteiger partial charge in [-0.25, -0.2) is 14.4 Å². The number of nitrogens with one attached hydrogen (secondary N) is 1. The fraction of sp³-hybridized carbons (Fsp3) is 0.320. The van der Waals surface area contributed by atoms with Crippen molar-refractivity contribution in [3.05, 3.63) is 71.2 Å². The molecule has 0 aliphatic heterocycles. The quantitative estimate of drug-likeness (QED) is 0.580. The Labute approximate surface area is 180 Å². The molecule has 1 aromatic heterocycles. The zero-order valence-electron chi connectivity index (χ0n) is 17.2. The van der Waals surface area contributed by atoms with E-state index < -0.39 is 11.4 Å². The Morgan fingerprint density at radius 1 is 0.935 bits per heavy atom. The summed E-state index contributed by atoms with van der Waals surface area (Å²) in [7, 11) is 0. The van der Waals surface area contributed by atoms with Gasteiger partial charge in [-0.3, -0.25) is 4.79 Å². The molecule has 0 unspecified atom stereocenters. The summed E-state index contributed by atoms with van der Waals surface area (Å²) >= 11 is 0. The maximum atomic E-state index is 13.3. The van der Waals surface area contributed by atoms with Gasteiger partial charge in [-0.2, -0.15) is 0 Å². The molecule has 0 bridgehead atoms. The van der Waals surface area contributed by atoms with Crippen LogP contribution in [0.2, 0.25) is 0 Å². The number of rotatable bonds is 5. The average Bonchev–Trinajstić information content (AvgIpc) is 3.45. The normalized spacial score (nSPS) is 16.8. The minimum atomic E-state index is -0.759. The molecule has 1 heterocycles. The Morgan fingerprint density at radius 3 is 2.32 bits per heavy atom. The Bertz CT molecular complexity index is 1120. The maximum Gasteiger partial charge on any atom is 0.314 e. The third-order valence-corrected chi connectivity index (χ3v) is 6.60. The highest BCUT2D eigenvalue weighted by atomic mass is 19.1. The summed E-state index contributed by atoms with van der Waals surface area (Å²) in [6, 6.07) is 13.9. The van der Waals surface area contributed by atoms with Crippen molar-refractivity contribution >= 4 is 17.5 Å². The molecule has 0 spiro atoms. The van der Waals surface area contributed by atoms with Gasteiger partial charge in [0.15, 0.2) is 5.82 Å². The van der Waals surface area contributed by atoms with Gasteiger partial charge in [-0.05, 0) is 74.1 Å². The minimum Gasteiger partial charge on any atom is -0.481 e. The van der Waals surface area contributed by atoms with E-state index in [2.05, 4.69) is 5.32 Å². The molecule has 158 valence electrons. The first-order valence-corrected chi connectivity index (χ1v) is 10.8. The van der Waals surface area contributed by atoms with Gasteiger partial charge in [0, 0.05) is 22.5 Å². The van der Waals surface area contributed by atoms with E-state index in [0.29, 0.717) is 18.7 Å². The first-order valence-electron chi connectivity index (χ1n) is 10.8. The van der Waals surface area contributed by atoms with E-state index in [9.17, 15) is 14.3 Å². The first-order chi connectivity index (χ1) is 15.0. The van der Waals surface area contributed by atoms with E-state index >= 15 is 0 Å². The molecule has 2 N–H and O–H groups in total. The molecule has 1 saturated carbocycles. The van der Waals surface area contributed by atoms with Crippen LogP contribution in [0.3, 0.4) is 0 Å². The van der Waals surface area contributed by atoms with Crippen LogP contribution in [0.4, 0.5) is 15.9 Å². The van der Waals surface area contributed by atoms with Gasteiger partial charge in [-0.1, -0.05) is 25.0 Å². The van der Waals surface area contributed by atoms with E-state index in [0.717, 1.165) is 66.0 Å². The molecule has 3 aromatic rings. The molecule has 1 fully saturated rings. The Hall–Kier alpha value is -3.28. The van der Waals surface area contributed by atoms with Crippen molar-refractivity contribution in [3.63, 3.8) is 0 Å². The summed E-state index contributed by atoms with van der Waals surface area (Å²) in [5.41, 5.74) is 3.89. The Morgan fingerprint density at radius 2 is 1.65 bits per heavy atom. The van der Waals surface area contributed by atoms with Crippen LogP contribution in [0.25, 0.3) is 11.4 Å². The second-order valence-corrected chi connectivity index (χ2v) is 8.48. The molecule has 2 aliphatic rings. The van der Waals surface area contributed by atoms with Gasteiger partial charge in [0.1, 0.15) is 11.6 Å². The zero-order chi connectivity index (χ0) is 21.4. The summed E-state index contributed by atoms with van der Waals surface area (Å²) in [4.78, 5) is 21.4. The van der Waals surface area contributed by atoms with Crippen molar-refractivity contribution in [3.8, 4) is 11.4 Å². The molecule has 0 radical (unpaired) electrons. The number of aryl methyl sites for hydroxylation is 1. The number of aromatic nitrogens is 2. The first kappa shape index (κ1) is 19.7. The van der Waals surface area contributed by atoms with Crippen LogP contribution in [-0.4, -0.2) is 21.0 Å². The van der Waals surface area contributed by atoms with Crippen molar-refractivity contribution in [1.29, 1.82) is 0 Å². The Kier molecular flexibility index (Phi) is 4.93. The van der Waals surface area contributed by atoms with Crippen LogP contribution in [0, 0.1) is 5.82 Å². The predicted octanol–water partition coefficient (Wildman–Crippen LogP) is 5.41. The number of anilines is 2. The number of nitrogens with zero attached hydrogens (tertiary/aromatic N) is 2. The van der Waals surface area contributed by atoms with Gasteiger partial charge < -0.3 is 10.4 Å². The van der Waals surface area contributed by atoms with Gasteiger partial charge >= 0.3 is 5.97 Å². The molecule has 5 nitrogen and oxygen atoms in total. The topological polar surface area (TPSA) is 75.1 Å². The fourth-order valence-corrected chi connectivity index (χ4v) is 4.88. The third-order valence-electron chi connectivity index (χ3n) is 6.60. The van der Waals surface area contributed by atoms with E-state index in [-0.39, 0.29) is 5.82 Å². The van der Waals surface area contributed by atoms with Crippen molar-refractivity contribution in [2.45, 2.75) is 50.4 Å². The summed E-state index contributed by atoms with van der Waals surface area (Å²) in [5.74, 6) is 0.326. The highest BCUT2D eigenvalue weighted by Crippen LogP contribution is 2.42. The number of carboxylic acid groups (broad SMARTS) is 1. The highest BCUT2D eigenvalue weighted by molar-refractivity contribution is 5.82. The van der Waals surface area contributed by atoms with Crippen molar-refractivity contribution in [1.82, 2.24) is 9.97 Å². The number of carbonyl (C=O) groups is 1. The predicted molar refractivity (Wildman–Crippen MR) is 117 cm³/mol. The van der Waals surface area contributed by atoms with Crippen molar-refractivity contribution in [2.24, 2.45) is 0 Å². The molecule has 0 atom stereocenters. The van der Waals surface area contributed by atoms with Crippen LogP contribution >= 0.6 is 0 Å². The lowest BCUT2D eigenvalue weighted by molar-refractivity contribution is -0.143. The van der Waals surface area contributed by atoms with Crippen LogP contribution in [0.15, 0.2) is 48.5 Å². The molecule has 2 aromatic carbocycles. The highest BCUT2D eigenvalue weighted by Gasteiger charge is 2.42. The number of hydrogen-bond acceptors (Lipinski definition) is 4. The summed E-state index contributed by atoms with van der Waals surface area (Å²) in [5, 5.41) is 13.2. The third kappa shape index (κ3) is 3.56. The van der Waals surface area contributed by atoms with Crippen LogP contribution in [0.5, 0.6) is 0 Å². The Balaban J connectivity index is 1.46. The molecular formula is C25H24FN3O2. The van der Waals surface area contributed by atoms with Gasteiger partial charge in [0.25, 0.3) is 0 Å². The number of aliphatic carboxylic acids is 1. The summed E-state index contributed by atoms with van der Waals surface area (Å²) < 4.78 is 13.3. The average molecular weight is 417 g/mol. The molecule has 0 amide bonds. The molecule has 5 rings (SSSR count). The van der Waals surface area contributed by atoms with Crippen LogP contribution in [-0.2, 0) is 23.1 Å². The van der Waals surface area contributed by atoms with Gasteiger partial charge in [0.05, 0.1) is 5.41 Å². The second kappa shape index (κ2) is 7.76. The number of benzene rings is 2. The molecule has 2 aliphatic carbocycles. The molecule has 0 saturated heterocycles. The summed E-state index contributed by atoms with van der Waals surface area (Å²) in [6.07, 6.45) is 6.14. The van der Waals surface area contributed by atoms with Gasteiger partial charge in [0.2, 0.25) is 0 Å². The number of hydrogen-bond donors (Lipinski definition) is 2. The molecular weight excluding hydrogens is 393 g/mol. The largest absolute Gasteiger partial charge is 0.481 e. The molecule has 6 heteroatoms. The van der Waals surface area contributed by atoms with E-state index in [1.54, 1.807) is 12.1 Å². The smallest absolute Gasteiger partial charge is 0.314 e. The monoisotopic (exact) mass is 417 g/mol. The number of fused-ring (bicyclic) bond motifs is 1. The summed E-state index contributed by atoms with van der Waals surface area (Å²) in [6.45, 7) is 0. The lowest BCUT2D eigenvalue weighted by Gasteiger charge is -2.24.